The number of hydrogen-bond donors (Lipinski definition) is 1. The van der Waals surface area contributed by atoms with E-state index >= 15 is 0 Å². The maximum atomic E-state index is 6.18. The number of hydrogen-bond acceptors (Lipinski definition) is 4. The van der Waals surface area contributed by atoms with Gasteiger partial charge in [-0.1, -0.05) is 43.3 Å². The van der Waals surface area contributed by atoms with Gasteiger partial charge in [0, 0.05) is 35.3 Å². The van der Waals surface area contributed by atoms with E-state index in [1.165, 1.54) is 5.56 Å². The van der Waals surface area contributed by atoms with Crippen LogP contribution in [0, 0.1) is 0 Å². The van der Waals surface area contributed by atoms with Crippen molar-refractivity contribution in [3.8, 4) is 0 Å². The average Bonchev–Trinajstić information content (AvgIpc) is 2.94. The summed E-state index contributed by atoms with van der Waals surface area (Å²) in [6.07, 6.45) is 4.39. The monoisotopic (exact) mass is 386 g/mol. The SMILES string of the molecule is CC(C)c1nc(CCN)n(Cc2ccncc2)c1Sc1cccc(Cl)c1. The van der Waals surface area contributed by atoms with Crippen LogP contribution in [-0.2, 0) is 13.0 Å². The van der Waals surface area contributed by atoms with Crippen LogP contribution >= 0.6 is 23.4 Å². The first-order valence-corrected chi connectivity index (χ1v) is 9.89. The van der Waals surface area contributed by atoms with Crippen molar-refractivity contribution in [3.63, 3.8) is 0 Å². The van der Waals surface area contributed by atoms with Crippen molar-refractivity contribution in [1.82, 2.24) is 14.5 Å². The van der Waals surface area contributed by atoms with Crippen molar-refractivity contribution in [3.05, 3.63) is 70.9 Å². The van der Waals surface area contributed by atoms with E-state index in [9.17, 15) is 0 Å². The summed E-state index contributed by atoms with van der Waals surface area (Å²) in [7, 11) is 0. The largest absolute Gasteiger partial charge is 0.330 e. The van der Waals surface area contributed by atoms with Crippen LogP contribution in [0.2, 0.25) is 5.02 Å². The lowest BCUT2D eigenvalue weighted by Gasteiger charge is -2.13. The Morgan fingerprint density at radius 3 is 2.62 bits per heavy atom. The lowest BCUT2D eigenvalue weighted by atomic mass is 10.1. The van der Waals surface area contributed by atoms with Crippen molar-refractivity contribution in [2.45, 2.75) is 42.7 Å². The van der Waals surface area contributed by atoms with E-state index in [4.69, 9.17) is 22.3 Å². The molecule has 0 saturated carbocycles. The fraction of sp³-hybridized carbons (Fsp3) is 0.300. The molecule has 0 amide bonds. The van der Waals surface area contributed by atoms with E-state index in [0.717, 1.165) is 39.4 Å². The number of rotatable bonds is 7. The minimum absolute atomic E-state index is 0.326. The van der Waals surface area contributed by atoms with Crippen LogP contribution in [0.25, 0.3) is 0 Å². The molecule has 1 aromatic carbocycles. The summed E-state index contributed by atoms with van der Waals surface area (Å²) in [5.74, 6) is 1.35. The minimum atomic E-state index is 0.326. The van der Waals surface area contributed by atoms with Crippen LogP contribution in [0.5, 0.6) is 0 Å². The molecule has 0 aliphatic heterocycles. The molecule has 0 aliphatic carbocycles. The van der Waals surface area contributed by atoms with E-state index in [-0.39, 0.29) is 0 Å². The zero-order chi connectivity index (χ0) is 18.5. The summed E-state index contributed by atoms with van der Waals surface area (Å²) in [5, 5.41) is 1.89. The highest BCUT2D eigenvalue weighted by atomic mass is 35.5. The van der Waals surface area contributed by atoms with Crippen molar-refractivity contribution in [2.75, 3.05) is 6.54 Å². The first kappa shape index (κ1) is 19.0. The third-order valence-electron chi connectivity index (χ3n) is 4.04. The number of nitrogens with two attached hydrogens (primary N) is 1. The number of benzene rings is 1. The predicted molar refractivity (Wildman–Crippen MR) is 108 cm³/mol. The molecule has 2 heterocycles. The minimum Gasteiger partial charge on any atom is -0.330 e. The van der Waals surface area contributed by atoms with Gasteiger partial charge in [-0.3, -0.25) is 4.98 Å². The van der Waals surface area contributed by atoms with Crippen molar-refractivity contribution in [1.29, 1.82) is 0 Å². The van der Waals surface area contributed by atoms with Crippen LogP contribution in [0.1, 0.15) is 36.8 Å². The molecule has 2 N–H and O–H groups in total. The van der Waals surface area contributed by atoms with Crippen LogP contribution in [0.3, 0.4) is 0 Å². The van der Waals surface area contributed by atoms with E-state index in [0.29, 0.717) is 12.5 Å². The van der Waals surface area contributed by atoms with Gasteiger partial charge < -0.3 is 10.3 Å². The fourth-order valence-corrected chi connectivity index (χ4v) is 4.26. The van der Waals surface area contributed by atoms with Crippen LogP contribution in [-0.4, -0.2) is 21.1 Å². The highest BCUT2D eigenvalue weighted by Gasteiger charge is 2.20. The third-order valence-corrected chi connectivity index (χ3v) is 5.39. The Kier molecular flexibility index (Phi) is 6.35. The molecule has 136 valence electrons. The van der Waals surface area contributed by atoms with Crippen molar-refractivity contribution in [2.24, 2.45) is 5.73 Å². The molecule has 0 spiro atoms. The topological polar surface area (TPSA) is 56.7 Å². The molecule has 0 unspecified atom stereocenters. The zero-order valence-corrected chi connectivity index (χ0v) is 16.6. The average molecular weight is 387 g/mol. The molecule has 3 rings (SSSR count). The van der Waals surface area contributed by atoms with Gasteiger partial charge in [0.25, 0.3) is 0 Å². The van der Waals surface area contributed by atoms with Gasteiger partial charge in [-0.25, -0.2) is 4.98 Å². The summed E-state index contributed by atoms with van der Waals surface area (Å²) >= 11 is 7.89. The molecule has 0 atom stereocenters. The third kappa shape index (κ3) is 4.47. The first-order valence-electron chi connectivity index (χ1n) is 8.70. The summed E-state index contributed by atoms with van der Waals surface area (Å²) in [6.45, 7) is 5.67. The molecule has 0 aliphatic rings. The summed E-state index contributed by atoms with van der Waals surface area (Å²) in [6, 6.07) is 12.0. The van der Waals surface area contributed by atoms with E-state index in [1.807, 2.05) is 42.7 Å². The Balaban J connectivity index is 2.06. The van der Waals surface area contributed by atoms with Crippen molar-refractivity contribution < 1.29 is 0 Å². The highest BCUT2D eigenvalue weighted by Crippen LogP contribution is 2.36. The van der Waals surface area contributed by atoms with Crippen LogP contribution < -0.4 is 5.73 Å². The van der Waals surface area contributed by atoms with E-state index in [1.54, 1.807) is 11.8 Å². The molecule has 3 aromatic rings. The maximum absolute atomic E-state index is 6.18. The lowest BCUT2D eigenvalue weighted by Crippen LogP contribution is -2.11. The van der Waals surface area contributed by atoms with Crippen molar-refractivity contribution >= 4 is 23.4 Å². The van der Waals surface area contributed by atoms with Gasteiger partial charge in [0.1, 0.15) is 10.9 Å². The van der Waals surface area contributed by atoms with Crippen LogP contribution in [0.15, 0.2) is 58.7 Å². The summed E-state index contributed by atoms with van der Waals surface area (Å²) < 4.78 is 2.28. The fourth-order valence-electron chi connectivity index (χ4n) is 2.78. The Bertz CT molecular complexity index is 862. The maximum Gasteiger partial charge on any atom is 0.111 e. The second kappa shape index (κ2) is 8.71. The first-order chi connectivity index (χ1) is 12.6. The van der Waals surface area contributed by atoms with Gasteiger partial charge in [0.05, 0.1) is 5.69 Å². The van der Waals surface area contributed by atoms with Gasteiger partial charge in [0.2, 0.25) is 0 Å². The number of halogens is 1. The summed E-state index contributed by atoms with van der Waals surface area (Å²) in [4.78, 5) is 10.1. The van der Waals surface area contributed by atoms with Crippen LogP contribution in [0.4, 0.5) is 0 Å². The second-order valence-electron chi connectivity index (χ2n) is 6.41. The van der Waals surface area contributed by atoms with Gasteiger partial charge in [0.15, 0.2) is 0 Å². The standard InChI is InChI=1S/C20H23ClN4S/c1-14(2)19-20(26-17-5-3-4-16(21)12-17)25(18(24-19)6-9-22)13-15-7-10-23-11-8-15/h3-5,7-8,10-12,14H,6,9,13,22H2,1-2H3. The van der Waals surface area contributed by atoms with E-state index in [2.05, 4.69) is 29.5 Å². The molecule has 0 saturated heterocycles. The molecule has 2 aromatic heterocycles. The molecular weight excluding hydrogens is 364 g/mol. The predicted octanol–water partition coefficient (Wildman–Crippen LogP) is 4.76. The zero-order valence-electron chi connectivity index (χ0n) is 15.0. The molecule has 0 fully saturated rings. The number of imidazole rings is 1. The van der Waals surface area contributed by atoms with Gasteiger partial charge >= 0.3 is 0 Å². The molecule has 6 heteroatoms. The Labute approximate surface area is 163 Å². The quantitative estimate of drug-likeness (QED) is 0.636. The summed E-state index contributed by atoms with van der Waals surface area (Å²) in [5.41, 5.74) is 8.14. The Hall–Kier alpha value is -1.82. The second-order valence-corrected chi connectivity index (χ2v) is 7.91. The number of aromatic nitrogens is 3. The highest BCUT2D eigenvalue weighted by molar-refractivity contribution is 7.99. The lowest BCUT2D eigenvalue weighted by molar-refractivity contribution is 0.664. The van der Waals surface area contributed by atoms with Gasteiger partial charge in [-0.15, -0.1) is 0 Å². The molecular formula is C20H23ClN4S. The smallest absolute Gasteiger partial charge is 0.111 e. The Morgan fingerprint density at radius 2 is 1.96 bits per heavy atom. The Morgan fingerprint density at radius 1 is 1.19 bits per heavy atom. The molecule has 4 nitrogen and oxygen atoms in total. The molecule has 0 bridgehead atoms. The normalized spacial score (nSPS) is 11.3. The van der Waals surface area contributed by atoms with Gasteiger partial charge in [-0.05, 0) is 48.4 Å². The van der Waals surface area contributed by atoms with Gasteiger partial charge in [-0.2, -0.15) is 0 Å². The molecule has 0 radical (unpaired) electrons. The number of nitrogens with zero attached hydrogens (tertiary/aromatic N) is 3. The number of pyridine rings is 1. The molecule has 26 heavy (non-hydrogen) atoms. The van der Waals surface area contributed by atoms with E-state index < -0.39 is 0 Å².